The third kappa shape index (κ3) is 6.53. The quantitative estimate of drug-likeness (QED) is 0.506. The van der Waals surface area contributed by atoms with E-state index in [2.05, 4.69) is 45.9 Å². The van der Waals surface area contributed by atoms with Crippen molar-refractivity contribution in [3.05, 3.63) is 94.2 Å². The number of hydrogen-bond acceptors (Lipinski definition) is 4. The lowest BCUT2D eigenvalue weighted by Gasteiger charge is -2.32. The van der Waals surface area contributed by atoms with Gasteiger partial charge in [-0.3, -0.25) is 9.69 Å². The molecule has 0 saturated carbocycles. The van der Waals surface area contributed by atoms with E-state index in [4.69, 9.17) is 0 Å². The molecule has 0 fully saturated rings. The number of thiophene rings is 1. The van der Waals surface area contributed by atoms with Gasteiger partial charge < -0.3 is 10.4 Å². The Morgan fingerprint density at radius 3 is 2.17 bits per heavy atom. The van der Waals surface area contributed by atoms with Gasteiger partial charge in [-0.1, -0.05) is 66.7 Å². The van der Waals surface area contributed by atoms with E-state index in [0.717, 1.165) is 17.5 Å². The third-order valence-electron chi connectivity index (χ3n) is 4.82. The fourth-order valence-electron chi connectivity index (χ4n) is 3.48. The Kier molecular flexibility index (Phi) is 8.43. The fraction of sp³-hybridized carbons (Fsp3) is 0.292. The Labute approximate surface area is 176 Å². The highest BCUT2D eigenvalue weighted by atomic mass is 32.1. The molecular weight excluding hydrogens is 380 g/mol. The number of aliphatic hydroxyl groups is 1. The van der Waals surface area contributed by atoms with Gasteiger partial charge in [0.25, 0.3) is 0 Å². The number of rotatable bonds is 11. The van der Waals surface area contributed by atoms with Crippen molar-refractivity contribution in [2.24, 2.45) is 0 Å². The molecule has 1 heterocycles. The molecule has 0 saturated heterocycles. The predicted molar refractivity (Wildman–Crippen MR) is 119 cm³/mol. The number of amides is 1. The van der Waals surface area contributed by atoms with Gasteiger partial charge in [-0.25, -0.2) is 0 Å². The molecule has 0 unspecified atom stereocenters. The van der Waals surface area contributed by atoms with Crippen LogP contribution in [0.25, 0.3) is 0 Å². The molecule has 5 heteroatoms. The molecule has 3 aromatic rings. The molecular formula is C24H28N2O2S. The van der Waals surface area contributed by atoms with Crippen molar-refractivity contribution in [1.29, 1.82) is 0 Å². The van der Waals surface area contributed by atoms with Gasteiger partial charge in [0, 0.05) is 24.6 Å². The van der Waals surface area contributed by atoms with Crippen molar-refractivity contribution >= 4 is 17.2 Å². The maximum atomic E-state index is 12.7. The maximum Gasteiger partial charge on any atom is 0.234 e. The summed E-state index contributed by atoms with van der Waals surface area (Å²) in [5.41, 5.74) is 2.28. The van der Waals surface area contributed by atoms with Gasteiger partial charge in [-0.15, -0.1) is 11.3 Å². The largest absolute Gasteiger partial charge is 0.396 e. The number of nitrogens with one attached hydrogen (secondary N) is 1. The van der Waals surface area contributed by atoms with Crippen molar-refractivity contribution in [1.82, 2.24) is 10.2 Å². The van der Waals surface area contributed by atoms with Crippen LogP contribution in [-0.2, 0) is 11.2 Å². The van der Waals surface area contributed by atoms with Gasteiger partial charge in [-0.05, 0) is 35.4 Å². The molecule has 2 N–H and O–H groups in total. The van der Waals surface area contributed by atoms with Crippen LogP contribution in [0.2, 0.25) is 0 Å². The first-order valence-corrected chi connectivity index (χ1v) is 10.9. The van der Waals surface area contributed by atoms with Crippen LogP contribution in [0.15, 0.2) is 78.2 Å². The molecule has 0 atom stereocenters. The lowest BCUT2D eigenvalue weighted by molar-refractivity contribution is -0.122. The van der Waals surface area contributed by atoms with Crippen LogP contribution in [-0.4, -0.2) is 42.2 Å². The number of nitrogens with zero attached hydrogens (tertiary/aromatic N) is 1. The van der Waals surface area contributed by atoms with E-state index in [0.29, 0.717) is 26.1 Å². The minimum absolute atomic E-state index is 0.0105. The van der Waals surface area contributed by atoms with E-state index in [1.807, 2.05) is 42.5 Å². The van der Waals surface area contributed by atoms with E-state index in [9.17, 15) is 9.90 Å². The van der Waals surface area contributed by atoms with Gasteiger partial charge in [0.2, 0.25) is 5.91 Å². The zero-order valence-corrected chi connectivity index (χ0v) is 17.4. The van der Waals surface area contributed by atoms with Gasteiger partial charge in [0.1, 0.15) is 0 Å². The van der Waals surface area contributed by atoms with Crippen molar-refractivity contribution < 1.29 is 9.90 Å². The van der Waals surface area contributed by atoms with Crippen LogP contribution >= 0.6 is 11.3 Å². The van der Waals surface area contributed by atoms with Crippen LogP contribution in [0.3, 0.4) is 0 Å². The van der Waals surface area contributed by atoms with Crippen molar-refractivity contribution in [3.8, 4) is 0 Å². The number of benzene rings is 2. The van der Waals surface area contributed by atoms with Crippen LogP contribution in [0.1, 0.15) is 28.5 Å². The molecule has 0 aliphatic heterocycles. The molecule has 0 aliphatic rings. The highest BCUT2D eigenvalue weighted by Crippen LogP contribution is 2.28. The summed E-state index contributed by atoms with van der Waals surface area (Å²) >= 11 is 1.71. The predicted octanol–water partition coefficient (Wildman–Crippen LogP) is 3.88. The summed E-state index contributed by atoms with van der Waals surface area (Å²) in [6.07, 6.45) is 1.47. The number of hydrogen-bond donors (Lipinski definition) is 2. The number of carbonyl (C=O) groups excluding carboxylic acids is 1. The van der Waals surface area contributed by atoms with E-state index < -0.39 is 0 Å². The molecule has 0 bridgehead atoms. The monoisotopic (exact) mass is 408 g/mol. The molecule has 1 aromatic heterocycles. The third-order valence-corrected chi connectivity index (χ3v) is 5.76. The number of aliphatic hydroxyl groups excluding tert-OH is 1. The molecule has 29 heavy (non-hydrogen) atoms. The number of carbonyl (C=O) groups is 1. The van der Waals surface area contributed by atoms with Crippen LogP contribution in [0, 0.1) is 0 Å². The normalized spacial score (nSPS) is 11.1. The van der Waals surface area contributed by atoms with Crippen LogP contribution < -0.4 is 5.32 Å². The van der Waals surface area contributed by atoms with Gasteiger partial charge >= 0.3 is 0 Å². The Balaban J connectivity index is 1.73. The van der Waals surface area contributed by atoms with E-state index in [1.165, 1.54) is 4.88 Å². The van der Waals surface area contributed by atoms with Crippen LogP contribution in [0.5, 0.6) is 0 Å². The highest BCUT2D eigenvalue weighted by Gasteiger charge is 2.24. The molecule has 0 spiro atoms. The maximum absolute atomic E-state index is 12.7. The topological polar surface area (TPSA) is 52.6 Å². The second-order valence-corrected chi connectivity index (χ2v) is 7.98. The molecule has 152 valence electrons. The fourth-order valence-corrected chi connectivity index (χ4v) is 4.19. The standard InChI is InChI=1S/C24H28N2O2S/c27-17-8-16-26(19-23(28)25-15-14-22-13-7-18-29-22)24(20-9-3-1-4-10-20)21-11-5-2-6-12-21/h1-7,9-13,18,24,27H,8,14-17,19H2,(H,25,28). The van der Waals surface area contributed by atoms with Gasteiger partial charge in [-0.2, -0.15) is 0 Å². The lowest BCUT2D eigenvalue weighted by Crippen LogP contribution is -2.41. The molecule has 1 amide bonds. The summed E-state index contributed by atoms with van der Waals surface area (Å²) in [6.45, 7) is 1.67. The van der Waals surface area contributed by atoms with E-state index >= 15 is 0 Å². The van der Waals surface area contributed by atoms with E-state index in [-0.39, 0.29) is 18.6 Å². The Morgan fingerprint density at radius 1 is 0.966 bits per heavy atom. The summed E-state index contributed by atoms with van der Waals surface area (Å²) in [5, 5.41) is 14.5. The first-order valence-electron chi connectivity index (χ1n) is 10.0. The summed E-state index contributed by atoms with van der Waals surface area (Å²) in [6, 6.07) is 24.6. The van der Waals surface area contributed by atoms with Crippen molar-refractivity contribution in [2.75, 3.05) is 26.2 Å². The van der Waals surface area contributed by atoms with Crippen molar-refractivity contribution in [3.63, 3.8) is 0 Å². The van der Waals surface area contributed by atoms with Gasteiger partial charge in [0.05, 0.1) is 12.6 Å². The Hall–Kier alpha value is -2.47. The minimum atomic E-state index is -0.0352. The molecule has 0 radical (unpaired) electrons. The average molecular weight is 409 g/mol. The zero-order chi connectivity index (χ0) is 20.3. The summed E-state index contributed by atoms with van der Waals surface area (Å²) in [5.74, 6) is 0.0105. The van der Waals surface area contributed by atoms with Crippen LogP contribution in [0.4, 0.5) is 0 Å². The summed E-state index contributed by atoms with van der Waals surface area (Å²) in [4.78, 5) is 16.1. The Bertz CT molecular complexity index is 798. The average Bonchev–Trinajstić information content (AvgIpc) is 3.27. The summed E-state index contributed by atoms with van der Waals surface area (Å²) in [7, 11) is 0. The smallest absolute Gasteiger partial charge is 0.234 e. The molecule has 3 rings (SSSR count). The molecule has 4 nitrogen and oxygen atoms in total. The van der Waals surface area contributed by atoms with Crippen molar-refractivity contribution in [2.45, 2.75) is 18.9 Å². The summed E-state index contributed by atoms with van der Waals surface area (Å²) < 4.78 is 0. The lowest BCUT2D eigenvalue weighted by atomic mass is 9.96. The second kappa shape index (κ2) is 11.5. The minimum Gasteiger partial charge on any atom is -0.396 e. The first kappa shape index (κ1) is 21.2. The SMILES string of the molecule is O=C(CN(CCCO)C(c1ccccc1)c1ccccc1)NCCc1cccs1. The zero-order valence-electron chi connectivity index (χ0n) is 16.5. The Morgan fingerprint density at radius 2 is 1.62 bits per heavy atom. The molecule has 0 aliphatic carbocycles. The molecule has 2 aromatic carbocycles. The highest BCUT2D eigenvalue weighted by molar-refractivity contribution is 7.09. The van der Waals surface area contributed by atoms with Gasteiger partial charge in [0.15, 0.2) is 0 Å². The first-order chi connectivity index (χ1) is 14.3. The second-order valence-electron chi connectivity index (χ2n) is 6.95. The van der Waals surface area contributed by atoms with E-state index in [1.54, 1.807) is 11.3 Å².